The first kappa shape index (κ1) is 14.4. The number of rotatable bonds is 4. The summed E-state index contributed by atoms with van der Waals surface area (Å²) >= 11 is 0. The molecule has 1 aliphatic heterocycles. The highest BCUT2D eigenvalue weighted by Crippen LogP contribution is 2.45. The topological polar surface area (TPSA) is 45.5 Å². The van der Waals surface area contributed by atoms with Crippen LogP contribution in [-0.2, 0) is 6.54 Å². The second-order valence-corrected chi connectivity index (χ2v) is 6.51. The van der Waals surface area contributed by atoms with Crippen molar-refractivity contribution in [3.05, 3.63) is 18.7 Å². The second-order valence-electron chi connectivity index (χ2n) is 6.51. The van der Waals surface area contributed by atoms with Crippen molar-refractivity contribution in [2.24, 2.45) is 10.4 Å². The SMILES string of the molecule is CN=C(NCCCn1ccnc1)N1CCC2(CCCC2)C1. The number of guanidine groups is 1. The van der Waals surface area contributed by atoms with Gasteiger partial charge in [-0.25, -0.2) is 4.98 Å². The molecule has 0 radical (unpaired) electrons. The van der Waals surface area contributed by atoms with Crippen molar-refractivity contribution in [2.75, 3.05) is 26.7 Å². The first-order valence-corrected chi connectivity index (χ1v) is 8.23. The van der Waals surface area contributed by atoms with Crippen LogP contribution in [0, 0.1) is 5.41 Å². The van der Waals surface area contributed by atoms with Crippen LogP contribution in [0.5, 0.6) is 0 Å². The van der Waals surface area contributed by atoms with E-state index in [4.69, 9.17) is 0 Å². The first-order chi connectivity index (χ1) is 10.3. The van der Waals surface area contributed by atoms with Gasteiger partial charge in [-0.3, -0.25) is 4.99 Å². The molecular formula is C16H27N5. The van der Waals surface area contributed by atoms with Crippen LogP contribution in [0.3, 0.4) is 0 Å². The average molecular weight is 289 g/mol. The summed E-state index contributed by atoms with van der Waals surface area (Å²) in [6.07, 6.45) is 13.8. The zero-order chi connectivity index (χ0) is 14.5. The van der Waals surface area contributed by atoms with Gasteiger partial charge in [-0.15, -0.1) is 0 Å². The van der Waals surface area contributed by atoms with Crippen molar-refractivity contribution < 1.29 is 0 Å². The van der Waals surface area contributed by atoms with E-state index in [9.17, 15) is 0 Å². The fraction of sp³-hybridized carbons (Fsp3) is 0.750. The molecule has 1 saturated carbocycles. The van der Waals surface area contributed by atoms with Crippen LogP contribution >= 0.6 is 0 Å². The molecule has 0 bridgehead atoms. The Kier molecular flexibility index (Phi) is 4.46. The Labute approximate surface area is 127 Å². The fourth-order valence-corrected chi connectivity index (χ4v) is 3.86. The Morgan fingerprint density at radius 2 is 2.19 bits per heavy atom. The van der Waals surface area contributed by atoms with E-state index in [0.717, 1.165) is 25.5 Å². The lowest BCUT2D eigenvalue weighted by Gasteiger charge is -2.25. The number of nitrogens with zero attached hydrogens (tertiary/aromatic N) is 4. The molecule has 1 aromatic heterocycles. The normalized spacial score (nSPS) is 21.4. The standard InChI is InChI=1S/C16H27N5/c1-17-15(19-8-4-10-20-12-9-18-14-20)21-11-7-16(13-21)5-2-3-6-16/h9,12,14H,2-8,10-11,13H2,1H3,(H,17,19). The number of aromatic nitrogens is 2. The summed E-state index contributed by atoms with van der Waals surface area (Å²) in [5, 5.41) is 3.52. The molecule has 0 unspecified atom stereocenters. The highest BCUT2D eigenvalue weighted by atomic mass is 15.3. The molecule has 0 atom stereocenters. The third-order valence-electron chi connectivity index (χ3n) is 5.05. The van der Waals surface area contributed by atoms with Crippen LogP contribution < -0.4 is 5.32 Å². The smallest absolute Gasteiger partial charge is 0.193 e. The number of hydrogen-bond acceptors (Lipinski definition) is 2. The van der Waals surface area contributed by atoms with E-state index >= 15 is 0 Å². The van der Waals surface area contributed by atoms with Crippen molar-refractivity contribution in [3.8, 4) is 0 Å². The van der Waals surface area contributed by atoms with Gasteiger partial charge in [-0.05, 0) is 31.1 Å². The maximum absolute atomic E-state index is 4.47. The summed E-state index contributed by atoms with van der Waals surface area (Å²) in [5.41, 5.74) is 0.606. The van der Waals surface area contributed by atoms with Crippen LogP contribution in [0.15, 0.2) is 23.7 Å². The Bertz CT molecular complexity index is 459. The lowest BCUT2D eigenvalue weighted by atomic mass is 9.86. The van der Waals surface area contributed by atoms with Gasteiger partial charge in [0, 0.05) is 45.6 Å². The average Bonchev–Trinajstić information content (AvgIpc) is 3.24. The molecule has 0 amide bonds. The van der Waals surface area contributed by atoms with E-state index in [1.807, 2.05) is 25.8 Å². The van der Waals surface area contributed by atoms with Crippen LogP contribution in [-0.4, -0.2) is 47.1 Å². The Balaban J connectivity index is 1.43. The monoisotopic (exact) mass is 289 g/mol. The fourth-order valence-electron chi connectivity index (χ4n) is 3.86. The van der Waals surface area contributed by atoms with Gasteiger partial charge in [0.1, 0.15) is 0 Å². The molecular weight excluding hydrogens is 262 g/mol. The summed E-state index contributed by atoms with van der Waals surface area (Å²) in [4.78, 5) is 11.0. The lowest BCUT2D eigenvalue weighted by molar-refractivity contribution is 0.309. The Hall–Kier alpha value is -1.52. The third-order valence-corrected chi connectivity index (χ3v) is 5.05. The highest BCUT2D eigenvalue weighted by molar-refractivity contribution is 5.80. The molecule has 0 aromatic carbocycles. The molecule has 1 aliphatic carbocycles. The van der Waals surface area contributed by atoms with Crippen LogP contribution in [0.25, 0.3) is 0 Å². The van der Waals surface area contributed by atoms with E-state index < -0.39 is 0 Å². The van der Waals surface area contributed by atoms with Gasteiger partial charge < -0.3 is 14.8 Å². The van der Waals surface area contributed by atoms with Gasteiger partial charge in [0.05, 0.1) is 6.33 Å². The number of likely N-dealkylation sites (tertiary alicyclic amines) is 1. The summed E-state index contributed by atoms with van der Waals surface area (Å²) in [5.74, 6) is 1.09. The van der Waals surface area contributed by atoms with E-state index in [-0.39, 0.29) is 0 Å². The molecule has 2 fully saturated rings. The van der Waals surface area contributed by atoms with Gasteiger partial charge in [0.15, 0.2) is 5.96 Å². The molecule has 2 heterocycles. The largest absolute Gasteiger partial charge is 0.356 e. The zero-order valence-electron chi connectivity index (χ0n) is 13.1. The number of aryl methyl sites for hydroxylation is 1. The van der Waals surface area contributed by atoms with Crippen molar-refractivity contribution in [3.63, 3.8) is 0 Å². The van der Waals surface area contributed by atoms with Crippen LogP contribution in [0.1, 0.15) is 38.5 Å². The van der Waals surface area contributed by atoms with E-state index in [1.165, 1.54) is 45.2 Å². The van der Waals surface area contributed by atoms with Gasteiger partial charge in [0.2, 0.25) is 0 Å². The van der Waals surface area contributed by atoms with Crippen LogP contribution in [0.2, 0.25) is 0 Å². The Morgan fingerprint density at radius 3 is 2.90 bits per heavy atom. The predicted molar refractivity (Wildman–Crippen MR) is 85.3 cm³/mol. The molecule has 5 nitrogen and oxygen atoms in total. The molecule has 21 heavy (non-hydrogen) atoms. The van der Waals surface area contributed by atoms with E-state index in [2.05, 4.69) is 24.8 Å². The molecule has 1 saturated heterocycles. The summed E-state index contributed by atoms with van der Waals surface area (Å²) in [6.45, 7) is 4.34. The van der Waals surface area contributed by atoms with Gasteiger partial charge in [0.25, 0.3) is 0 Å². The maximum Gasteiger partial charge on any atom is 0.193 e. The van der Waals surface area contributed by atoms with Crippen LogP contribution in [0.4, 0.5) is 0 Å². The summed E-state index contributed by atoms with van der Waals surface area (Å²) in [6, 6.07) is 0. The number of imidazole rings is 1. The number of aliphatic imine (C=N–C) groups is 1. The lowest BCUT2D eigenvalue weighted by Crippen LogP contribution is -2.41. The molecule has 1 N–H and O–H groups in total. The van der Waals surface area contributed by atoms with E-state index in [1.54, 1.807) is 0 Å². The number of nitrogens with one attached hydrogen (secondary N) is 1. The third kappa shape index (κ3) is 3.39. The minimum Gasteiger partial charge on any atom is -0.356 e. The zero-order valence-corrected chi connectivity index (χ0v) is 13.1. The highest BCUT2D eigenvalue weighted by Gasteiger charge is 2.40. The molecule has 5 heteroatoms. The number of hydrogen-bond donors (Lipinski definition) is 1. The van der Waals surface area contributed by atoms with Gasteiger partial charge >= 0.3 is 0 Å². The second kappa shape index (κ2) is 6.50. The minimum absolute atomic E-state index is 0.606. The van der Waals surface area contributed by atoms with Crippen molar-refractivity contribution in [1.82, 2.24) is 19.8 Å². The van der Waals surface area contributed by atoms with Gasteiger partial charge in [-0.2, -0.15) is 0 Å². The first-order valence-electron chi connectivity index (χ1n) is 8.23. The quantitative estimate of drug-likeness (QED) is 0.524. The summed E-state index contributed by atoms with van der Waals surface area (Å²) < 4.78 is 2.12. The van der Waals surface area contributed by atoms with E-state index in [0.29, 0.717) is 5.41 Å². The maximum atomic E-state index is 4.47. The molecule has 1 spiro atoms. The Morgan fingerprint density at radius 1 is 1.33 bits per heavy atom. The molecule has 116 valence electrons. The summed E-state index contributed by atoms with van der Waals surface area (Å²) in [7, 11) is 1.90. The van der Waals surface area contributed by atoms with Crippen molar-refractivity contribution in [2.45, 2.75) is 45.1 Å². The van der Waals surface area contributed by atoms with Gasteiger partial charge in [-0.1, -0.05) is 12.8 Å². The predicted octanol–water partition coefficient (Wildman–Crippen LogP) is 2.11. The molecule has 1 aromatic rings. The minimum atomic E-state index is 0.606. The van der Waals surface area contributed by atoms with Crippen molar-refractivity contribution >= 4 is 5.96 Å². The van der Waals surface area contributed by atoms with Crippen molar-refractivity contribution in [1.29, 1.82) is 0 Å². The molecule has 3 rings (SSSR count). The molecule has 2 aliphatic rings.